The topological polar surface area (TPSA) is 20.2 Å². The molecule has 1 N–H and O–H groups in total. The van der Waals surface area contributed by atoms with Crippen LogP contribution in [0.1, 0.15) is 31.2 Å². The quantitative estimate of drug-likeness (QED) is 0.836. The first-order valence-electron chi connectivity index (χ1n) is 5.82. The fourth-order valence-electron chi connectivity index (χ4n) is 3.31. The Labute approximate surface area is 103 Å². The molecule has 16 heavy (non-hydrogen) atoms. The lowest BCUT2D eigenvalue weighted by Crippen LogP contribution is -2.11. The van der Waals surface area contributed by atoms with Crippen molar-refractivity contribution in [2.24, 2.45) is 11.8 Å². The van der Waals surface area contributed by atoms with Gasteiger partial charge in [0.1, 0.15) is 5.82 Å². The first kappa shape index (κ1) is 10.7. The van der Waals surface area contributed by atoms with Gasteiger partial charge in [0, 0.05) is 5.56 Å². The number of fused-ring (bicyclic) bond motifs is 1. The van der Waals surface area contributed by atoms with E-state index in [4.69, 9.17) is 0 Å². The third kappa shape index (κ3) is 1.31. The zero-order valence-electron chi connectivity index (χ0n) is 8.92. The van der Waals surface area contributed by atoms with Crippen LogP contribution in [0.4, 0.5) is 4.39 Å². The molecule has 2 fully saturated rings. The number of hydrogen-bond donors (Lipinski definition) is 1. The van der Waals surface area contributed by atoms with E-state index < -0.39 is 5.60 Å². The molecular formula is C13H14BrFO. The average molecular weight is 285 g/mol. The van der Waals surface area contributed by atoms with Crippen LogP contribution in [0, 0.1) is 17.7 Å². The van der Waals surface area contributed by atoms with Gasteiger partial charge in [-0.1, -0.05) is 25.0 Å². The molecule has 3 rings (SSSR count). The van der Waals surface area contributed by atoms with Gasteiger partial charge in [0.25, 0.3) is 0 Å². The summed E-state index contributed by atoms with van der Waals surface area (Å²) in [6.45, 7) is 0. The van der Waals surface area contributed by atoms with E-state index in [1.807, 2.05) is 6.07 Å². The van der Waals surface area contributed by atoms with Crippen LogP contribution in [0.25, 0.3) is 0 Å². The number of hydrogen-bond acceptors (Lipinski definition) is 1. The van der Waals surface area contributed by atoms with Crippen molar-refractivity contribution >= 4 is 15.9 Å². The van der Waals surface area contributed by atoms with Crippen molar-refractivity contribution in [2.45, 2.75) is 31.3 Å². The Bertz CT molecular complexity index is 420. The molecule has 2 unspecified atom stereocenters. The van der Waals surface area contributed by atoms with Crippen LogP contribution >= 0.6 is 15.9 Å². The standard InChI is InChI=1S/C13H14BrFO/c14-12-10(6-3-7-11(12)15)13(16)8-4-1-2-5-9(8)13/h3,6-9,16H,1-2,4-5H2. The lowest BCUT2D eigenvalue weighted by atomic mass is 10.0. The van der Waals surface area contributed by atoms with Crippen molar-refractivity contribution in [1.29, 1.82) is 0 Å². The van der Waals surface area contributed by atoms with Crippen molar-refractivity contribution in [3.05, 3.63) is 34.1 Å². The molecular weight excluding hydrogens is 271 g/mol. The molecule has 0 bridgehead atoms. The van der Waals surface area contributed by atoms with E-state index >= 15 is 0 Å². The van der Waals surface area contributed by atoms with Crippen molar-refractivity contribution < 1.29 is 9.50 Å². The van der Waals surface area contributed by atoms with Crippen molar-refractivity contribution in [1.82, 2.24) is 0 Å². The van der Waals surface area contributed by atoms with E-state index in [1.165, 1.54) is 18.9 Å². The summed E-state index contributed by atoms with van der Waals surface area (Å²) in [5, 5.41) is 10.7. The highest BCUT2D eigenvalue weighted by Crippen LogP contribution is 2.65. The summed E-state index contributed by atoms with van der Waals surface area (Å²) in [6, 6.07) is 4.94. The molecule has 0 saturated heterocycles. The maximum atomic E-state index is 13.5. The largest absolute Gasteiger partial charge is 0.385 e. The summed E-state index contributed by atoms with van der Waals surface area (Å²) < 4.78 is 13.9. The van der Waals surface area contributed by atoms with Crippen LogP contribution in [-0.4, -0.2) is 5.11 Å². The number of aliphatic hydroxyl groups is 1. The van der Waals surface area contributed by atoms with E-state index in [9.17, 15) is 9.50 Å². The van der Waals surface area contributed by atoms with E-state index in [1.54, 1.807) is 6.07 Å². The molecule has 0 aromatic heterocycles. The Morgan fingerprint density at radius 2 is 1.88 bits per heavy atom. The molecule has 2 aliphatic rings. The van der Waals surface area contributed by atoms with Crippen LogP contribution in [0.3, 0.4) is 0 Å². The van der Waals surface area contributed by atoms with Gasteiger partial charge in [-0.05, 0) is 46.7 Å². The summed E-state index contributed by atoms with van der Waals surface area (Å²) in [5.41, 5.74) is -0.0262. The highest BCUT2D eigenvalue weighted by molar-refractivity contribution is 9.10. The first-order chi connectivity index (χ1) is 7.65. The molecule has 0 aliphatic heterocycles. The van der Waals surface area contributed by atoms with Crippen LogP contribution in [0.5, 0.6) is 0 Å². The van der Waals surface area contributed by atoms with Gasteiger partial charge in [0.2, 0.25) is 0 Å². The molecule has 2 aliphatic carbocycles. The number of halogens is 2. The zero-order chi connectivity index (χ0) is 11.3. The Morgan fingerprint density at radius 1 is 1.25 bits per heavy atom. The smallest absolute Gasteiger partial charge is 0.137 e. The molecule has 2 saturated carbocycles. The van der Waals surface area contributed by atoms with Gasteiger partial charge in [-0.25, -0.2) is 4.39 Å². The van der Waals surface area contributed by atoms with Crippen molar-refractivity contribution in [3.63, 3.8) is 0 Å². The van der Waals surface area contributed by atoms with Gasteiger partial charge in [0.05, 0.1) is 10.1 Å². The summed E-state index contributed by atoms with van der Waals surface area (Å²) in [4.78, 5) is 0. The molecule has 2 atom stereocenters. The first-order valence-corrected chi connectivity index (χ1v) is 6.62. The average Bonchev–Trinajstić information content (AvgIpc) is 2.91. The second-order valence-electron chi connectivity index (χ2n) is 4.92. The maximum Gasteiger partial charge on any atom is 0.137 e. The normalized spacial score (nSPS) is 36.9. The lowest BCUT2D eigenvalue weighted by Gasteiger charge is -2.13. The number of rotatable bonds is 1. The maximum absolute atomic E-state index is 13.5. The second-order valence-corrected chi connectivity index (χ2v) is 5.72. The highest BCUT2D eigenvalue weighted by Gasteiger charge is 2.65. The summed E-state index contributed by atoms with van der Waals surface area (Å²) in [7, 11) is 0. The number of benzene rings is 1. The molecule has 0 radical (unpaired) electrons. The minimum absolute atomic E-state index is 0.283. The van der Waals surface area contributed by atoms with E-state index in [0.29, 0.717) is 16.3 Å². The third-order valence-electron chi connectivity index (χ3n) is 4.17. The molecule has 3 heteroatoms. The molecule has 1 nitrogen and oxygen atoms in total. The minimum Gasteiger partial charge on any atom is -0.385 e. The van der Waals surface area contributed by atoms with Crippen LogP contribution in [0.2, 0.25) is 0 Å². The Morgan fingerprint density at radius 3 is 2.50 bits per heavy atom. The SMILES string of the molecule is OC1(c2cccc(F)c2Br)C2CCCCC21. The van der Waals surface area contributed by atoms with Crippen LogP contribution < -0.4 is 0 Å². The molecule has 0 spiro atoms. The molecule has 1 aromatic rings. The fourth-order valence-corrected chi connectivity index (χ4v) is 3.89. The lowest BCUT2D eigenvalue weighted by molar-refractivity contribution is 0.117. The third-order valence-corrected chi connectivity index (χ3v) is 4.98. The zero-order valence-corrected chi connectivity index (χ0v) is 10.5. The Kier molecular flexibility index (Phi) is 2.37. The van der Waals surface area contributed by atoms with E-state index in [0.717, 1.165) is 18.4 Å². The molecule has 86 valence electrons. The van der Waals surface area contributed by atoms with Gasteiger partial charge in [-0.15, -0.1) is 0 Å². The molecule has 0 amide bonds. The second kappa shape index (κ2) is 3.54. The van der Waals surface area contributed by atoms with Gasteiger partial charge in [0.15, 0.2) is 0 Å². The fraction of sp³-hybridized carbons (Fsp3) is 0.538. The van der Waals surface area contributed by atoms with Crippen molar-refractivity contribution in [2.75, 3.05) is 0 Å². The Hall–Kier alpha value is -0.410. The minimum atomic E-state index is -0.766. The van der Waals surface area contributed by atoms with Gasteiger partial charge < -0.3 is 5.11 Å². The molecule has 0 heterocycles. The van der Waals surface area contributed by atoms with Gasteiger partial charge in [-0.3, -0.25) is 0 Å². The van der Waals surface area contributed by atoms with Crippen LogP contribution in [-0.2, 0) is 5.60 Å². The van der Waals surface area contributed by atoms with Crippen molar-refractivity contribution in [3.8, 4) is 0 Å². The van der Waals surface area contributed by atoms with Crippen LogP contribution in [0.15, 0.2) is 22.7 Å². The van der Waals surface area contributed by atoms with Gasteiger partial charge in [-0.2, -0.15) is 0 Å². The highest BCUT2D eigenvalue weighted by atomic mass is 79.9. The van der Waals surface area contributed by atoms with Gasteiger partial charge >= 0.3 is 0 Å². The predicted molar refractivity (Wildman–Crippen MR) is 63.4 cm³/mol. The predicted octanol–water partition coefficient (Wildman–Crippen LogP) is 3.60. The Balaban J connectivity index is 2.01. The van der Waals surface area contributed by atoms with E-state index in [2.05, 4.69) is 15.9 Å². The van der Waals surface area contributed by atoms with E-state index in [-0.39, 0.29) is 5.82 Å². The molecule has 1 aromatic carbocycles. The summed E-state index contributed by atoms with van der Waals surface area (Å²) in [5.74, 6) is 0.410. The summed E-state index contributed by atoms with van der Waals surface area (Å²) >= 11 is 3.25. The summed E-state index contributed by atoms with van der Waals surface area (Å²) in [6.07, 6.45) is 4.53. The monoisotopic (exact) mass is 284 g/mol.